The summed E-state index contributed by atoms with van der Waals surface area (Å²) in [6.45, 7) is 1.99. The molecule has 1 N–H and O–H groups in total. The highest BCUT2D eigenvalue weighted by atomic mass is 16.5. The molecule has 0 radical (unpaired) electrons. The second-order valence-electron chi connectivity index (χ2n) is 4.23. The van der Waals surface area contributed by atoms with Gasteiger partial charge in [0.2, 0.25) is 0 Å². The van der Waals surface area contributed by atoms with E-state index in [1.807, 2.05) is 18.2 Å². The lowest BCUT2D eigenvalue weighted by molar-refractivity contribution is 0.297. The van der Waals surface area contributed by atoms with Crippen LogP contribution in [0, 0.1) is 11.3 Å². The summed E-state index contributed by atoms with van der Waals surface area (Å²) in [6, 6.07) is 7.17. The molecule has 1 unspecified atom stereocenters. The van der Waals surface area contributed by atoms with Gasteiger partial charge in [0.15, 0.2) is 11.5 Å². The van der Waals surface area contributed by atoms with Crippen LogP contribution in [0.3, 0.4) is 0 Å². The van der Waals surface area contributed by atoms with Gasteiger partial charge in [-0.1, -0.05) is 11.2 Å². The van der Waals surface area contributed by atoms with Crippen LogP contribution in [-0.4, -0.2) is 26.3 Å². The first-order valence-electron chi connectivity index (χ1n) is 6.38. The summed E-state index contributed by atoms with van der Waals surface area (Å²) in [7, 11) is 0. The minimum absolute atomic E-state index is 0.305. The van der Waals surface area contributed by atoms with Crippen molar-refractivity contribution in [2.75, 3.05) is 26.3 Å². The number of nitrogens with zero attached hydrogens (tertiary/aromatic N) is 4. The summed E-state index contributed by atoms with van der Waals surface area (Å²) in [5, 5.41) is 15.6. The Bertz CT molecular complexity index is 548. The number of ether oxygens (including phenoxy) is 2. The SMILES string of the molecule is N#CC(NCCN=[N+]=[N-])c1ccc2c(c1)OCCCO2. The minimum atomic E-state index is -0.471. The average molecular weight is 273 g/mol. The highest BCUT2D eigenvalue weighted by Gasteiger charge is 2.15. The van der Waals surface area contributed by atoms with Crippen LogP contribution >= 0.6 is 0 Å². The number of benzene rings is 1. The Balaban J connectivity index is 2.08. The Morgan fingerprint density at radius 1 is 1.40 bits per heavy atom. The predicted octanol–water partition coefficient (Wildman–Crippen LogP) is 2.31. The molecule has 1 aromatic carbocycles. The second kappa shape index (κ2) is 7.24. The standard InChI is InChI=1S/C13H15N5O2/c14-9-11(16-4-5-17-18-15)10-2-3-12-13(8-10)20-7-1-6-19-12/h2-3,8,11,16H,1,4-7H2. The number of nitrogens with one attached hydrogen (secondary N) is 1. The minimum Gasteiger partial charge on any atom is -0.490 e. The van der Waals surface area contributed by atoms with Crippen LogP contribution in [0.5, 0.6) is 11.5 Å². The zero-order valence-electron chi connectivity index (χ0n) is 11.0. The number of hydrogen-bond donors (Lipinski definition) is 1. The molecule has 104 valence electrons. The van der Waals surface area contributed by atoms with Crippen molar-refractivity contribution in [2.45, 2.75) is 12.5 Å². The summed E-state index contributed by atoms with van der Waals surface area (Å²) >= 11 is 0. The summed E-state index contributed by atoms with van der Waals surface area (Å²) in [5.74, 6) is 1.37. The number of nitriles is 1. The van der Waals surface area contributed by atoms with E-state index >= 15 is 0 Å². The molecule has 2 rings (SSSR count). The van der Waals surface area contributed by atoms with E-state index in [0.717, 1.165) is 12.0 Å². The molecule has 7 nitrogen and oxygen atoms in total. The quantitative estimate of drug-likeness (QED) is 0.384. The van der Waals surface area contributed by atoms with Gasteiger partial charge >= 0.3 is 0 Å². The molecule has 1 aliphatic rings. The zero-order chi connectivity index (χ0) is 14.2. The smallest absolute Gasteiger partial charge is 0.161 e. The van der Waals surface area contributed by atoms with Crippen LogP contribution in [0.1, 0.15) is 18.0 Å². The Hall–Kier alpha value is -2.42. The van der Waals surface area contributed by atoms with Gasteiger partial charge in [0, 0.05) is 24.4 Å². The Labute approximate surface area is 116 Å². The van der Waals surface area contributed by atoms with Gasteiger partial charge in [0.25, 0.3) is 0 Å². The molecule has 0 fully saturated rings. The van der Waals surface area contributed by atoms with Gasteiger partial charge in [-0.2, -0.15) is 5.26 Å². The molecule has 0 amide bonds. The Morgan fingerprint density at radius 3 is 2.95 bits per heavy atom. The molecule has 0 saturated carbocycles. The van der Waals surface area contributed by atoms with Crippen LogP contribution in [0.2, 0.25) is 0 Å². The molecule has 0 saturated heterocycles. The largest absolute Gasteiger partial charge is 0.490 e. The first-order valence-corrected chi connectivity index (χ1v) is 6.38. The molecule has 7 heteroatoms. The van der Waals surface area contributed by atoms with Gasteiger partial charge in [0.1, 0.15) is 6.04 Å². The third kappa shape index (κ3) is 3.54. The zero-order valence-corrected chi connectivity index (χ0v) is 11.0. The maximum atomic E-state index is 9.21. The maximum Gasteiger partial charge on any atom is 0.161 e. The molecule has 0 bridgehead atoms. The monoisotopic (exact) mass is 273 g/mol. The van der Waals surface area contributed by atoms with E-state index in [4.69, 9.17) is 15.0 Å². The van der Waals surface area contributed by atoms with Gasteiger partial charge in [-0.05, 0) is 23.2 Å². The van der Waals surface area contributed by atoms with Crippen molar-refractivity contribution >= 4 is 0 Å². The molecule has 0 aliphatic carbocycles. The molecule has 0 spiro atoms. The first-order chi connectivity index (χ1) is 9.85. The van der Waals surface area contributed by atoms with Gasteiger partial charge < -0.3 is 9.47 Å². The van der Waals surface area contributed by atoms with E-state index in [1.54, 1.807) is 0 Å². The van der Waals surface area contributed by atoms with Crippen molar-refractivity contribution in [1.82, 2.24) is 5.32 Å². The summed E-state index contributed by atoms with van der Waals surface area (Å²) in [5.41, 5.74) is 9.00. The fourth-order valence-corrected chi connectivity index (χ4v) is 1.90. The van der Waals surface area contributed by atoms with Crippen LogP contribution in [0.15, 0.2) is 23.3 Å². The highest BCUT2D eigenvalue weighted by molar-refractivity contribution is 5.45. The van der Waals surface area contributed by atoms with Crippen molar-refractivity contribution < 1.29 is 9.47 Å². The molecule has 1 aliphatic heterocycles. The lowest BCUT2D eigenvalue weighted by atomic mass is 10.1. The van der Waals surface area contributed by atoms with Gasteiger partial charge in [-0.3, -0.25) is 5.32 Å². The van der Waals surface area contributed by atoms with Crippen molar-refractivity contribution in [3.63, 3.8) is 0 Å². The second-order valence-corrected chi connectivity index (χ2v) is 4.23. The summed E-state index contributed by atoms with van der Waals surface area (Å²) in [6.07, 6.45) is 0.843. The van der Waals surface area contributed by atoms with Crippen molar-refractivity contribution in [3.8, 4) is 17.6 Å². The third-order valence-corrected chi connectivity index (χ3v) is 2.86. The Morgan fingerprint density at radius 2 is 2.20 bits per heavy atom. The molecular weight excluding hydrogens is 258 g/mol. The van der Waals surface area contributed by atoms with Crippen molar-refractivity contribution in [1.29, 1.82) is 5.26 Å². The maximum absolute atomic E-state index is 9.21. The number of hydrogen-bond acceptors (Lipinski definition) is 5. The lowest BCUT2D eigenvalue weighted by Gasteiger charge is -2.14. The van der Waals surface area contributed by atoms with Crippen LogP contribution in [-0.2, 0) is 0 Å². The highest BCUT2D eigenvalue weighted by Crippen LogP contribution is 2.32. The topological polar surface area (TPSA) is 103 Å². The number of azide groups is 1. The van der Waals surface area contributed by atoms with E-state index in [1.165, 1.54) is 0 Å². The molecule has 20 heavy (non-hydrogen) atoms. The first kappa shape index (κ1) is 14.0. The van der Waals surface area contributed by atoms with E-state index in [2.05, 4.69) is 21.4 Å². The molecular formula is C13H15N5O2. The third-order valence-electron chi connectivity index (χ3n) is 2.86. The van der Waals surface area contributed by atoms with Crippen LogP contribution in [0.25, 0.3) is 10.4 Å². The van der Waals surface area contributed by atoms with E-state index in [-0.39, 0.29) is 0 Å². The predicted molar refractivity (Wildman–Crippen MR) is 72.4 cm³/mol. The van der Waals surface area contributed by atoms with Gasteiger partial charge in [-0.25, -0.2) is 0 Å². The van der Waals surface area contributed by atoms with Crippen molar-refractivity contribution in [3.05, 3.63) is 34.2 Å². The molecule has 0 aromatic heterocycles. The fourth-order valence-electron chi connectivity index (χ4n) is 1.90. The van der Waals surface area contributed by atoms with E-state index < -0.39 is 6.04 Å². The Kier molecular flexibility index (Phi) is 5.07. The van der Waals surface area contributed by atoms with Crippen LogP contribution in [0.4, 0.5) is 0 Å². The molecule has 1 aromatic rings. The normalized spacial score (nSPS) is 14.6. The van der Waals surface area contributed by atoms with Crippen LogP contribution < -0.4 is 14.8 Å². The number of fused-ring (bicyclic) bond motifs is 1. The van der Waals surface area contributed by atoms with Gasteiger partial charge in [0.05, 0.1) is 19.3 Å². The van der Waals surface area contributed by atoms with Crippen molar-refractivity contribution in [2.24, 2.45) is 5.11 Å². The average Bonchev–Trinajstić information content (AvgIpc) is 2.72. The summed E-state index contributed by atoms with van der Waals surface area (Å²) in [4.78, 5) is 2.66. The summed E-state index contributed by atoms with van der Waals surface area (Å²) < 4.78 is 11.1. The lowest BCUT2D eigenvalue weighted by Crippen LogP contribution is -2.22. The van der Waals surface area contributed by atoms with E-state index in [9.17, 15) is 5.26 Å². The number of rotatable bonds is 5. The molecule has 1 heterocycles. The molecule has 1 atom stereocenters. The fraction of sp³-hybridized carbons (Fsp3) is 0.462. The van der Waals surface area contributed by atoms with Gasteiger partial charge in [-0.15, -0.1) is 0 Å². The van der Waals surface area contributed by atoms with E-state index in [0.29, 0.717) is 37.8 Å².